The lowest BCUT2D eigenvalue weighted by Gasteiger charge is -2.19. The largest absolute Gasteiger partial charge is 0.493 e. The number of carbonyl (C=O) groups excluding carboxylic acids is 2. The molecule has 0 atom stereocenters. The lowest BCUT2D eigenvalue weighted by Crippen LogP contribution is -2.17. The summed E-state index contributed by atoms with van der Waals surface area (Å²) in [6.45, 7) is 7.29. The van der Waals surface area contributed by atoms with Crippen molar-refractivity contribution in [2.45, 2.75) is 104 Å². The van der Waals surface area contributed by atoms with Gasteiger partial charge in [-0.2, -0.15) is 0 Å². The number of ether oxygens (including phenoxy) is 1. The highest BCUT2D eigenvalue weighted by atomic mass is 79.9. The van der Waals surface area contributed by atoms with E-state index in [2.05, 4.69) is 35.5 Å². The van der Waals surface area contributed by atoms with Crippen LogP contribution < -0.4 is 10.1 Å². The number of thioether (sulfide) groups is 1. The number of nitrogens with one attached hydrogen (secondary N) is 1. The highest BCUT2D eigenvalue weighted by Crippen LogP contribution is 2.26. The molecule has 5 nitrogen and oxygen atoms in total. The van der Waals surface area contributed by atoms with E-state index in [-0.39, 0.29) is 28.7 Å². The van der Waals surface area contributed by atoms with Crippen LogP contribution in [-0.2, 0) is 6.54 Å². The molecule has 1 N–H and O–H groups in total. The summed E-state index contributed by atoms with van der Waals surface area (Å²) in [5.41, 5.74) is 4.04. The number of ketones is 1. The Morgan fingerprint density at radius 2 is 1.56 bits per heavy atom. The van der Waals surface area contributed by atoms with Crippen LogP contribution in [0.25, 0.3) is 0 Å². The second-order valence-electron chi connectivity index (χ2n) is 10.9. The van der Waals surface area contributed by atoms with Crippen LogP contribution in [0.3, 0.4) is 0 Å². The minimum absolute atomic E-state index is 0. The Kier molecular flexibility index (Phi) is 16.9. The number of allylic oxidation sites excluding steroid dienone is 1. The zero-order valence-corrected chi connectivity index (χ0v) is 27.7. The first-order chi connectivity index (χ1) is 19.5. The van der Waals surface area contributed by atoms with Crippen LogP contribution in [0.2, 0.25) is 0 Å². The molecule has 41 heavy (non-hydrogen) atoms. The third kappa shape index (κ3) is 12.7. The van der Waals surface area contributed by atoms with Crippen molar-refractivity contribution in [3.8, 4) is 5.75 Å². The van der Waals surface area contributed by atoms with Crippen LogP contribution in [0.4, 0.5) is 5.69 Å². The van der Waals surface area contributed by atoms with Gasteiger partial charge in [-0.15, -0.1) is 28.7 Å². The molecule has 0 saturated heterocycles. The molecule has 0 aliphatic carbocycles. The van der Waals surface area contributed by atoms with E-state index in [9.17, 15) is 9.59 Å². The van der Waals surface area contributed by atoms with Crippen molar-refractivity contribution >= 4 is 46.1 Å². The molecule has 0 aromatic heterocycles. The first-order valence-electron chi connectivity index (χ1n) is 15.2. The first kappa shape index (κ1) is 34.9. The summed E-state index contributed by atoms with van der Waals surface area (Å²) in [7, 11) is 0. The smallest absolute Gasteiger partial charge is 0.255 e. The van der Waals surface area contributed by atoms with Gasteiger partial charge in [-0.3, -0.25) is 9.59 Å². The molecule has 1 amide bonds. The van der Waals surface area contributed by atoms with Gasteiger partial charge in [-0.1, -0.05) is 89.7 Å². The number of benzene rings is 2. The van der Waals surface area contributed by atoms with Crippen molar-refractivity contribution in [3.05, 3.63) is 70.3 Å². The number of unbranched alkanes of at least 4 members (excludes halogenated alkanes) is 11. The van der Waals surface area contributed by atoms with Gasteiger partial charge in [0.05, 0.1) is 18.0 Å². The molecule has 0 radical (unpaired) electrons. The number of hydrogen-bond acceptors (Lipinski definition) is 5. The van der Waals surface area contributed by atoms with Crippen molar-refractivity contribution in [1.29, 1.82) is 0 Å². The summed E-state index contributed by atoms with van der Waals surface area (Å²) in [5.74, 6) is 1.17. The van der Waals surface area contributed by atoms with E-state index in [1.165, 1.54) is 76.8 Å². The molecular weight excluding hydrogens is 596 g/mol. The number of carbonyl (C=O) groups is 2. The van der Waals surface area contributed by atoms with Gasteiger partial charge in [0.2, 0.25) is 0 Å². The molecule has 1 aliphatic rings. The van der Waals surface area contributed by atoms with E-state index < -0.39 is 0 Å². The maximum absolute atomic E-state index is 13.0. The molecule has 2 aromatic carbocycles. The average molecular weight is 646 g/mol. The lowest BCUT2D eigenvalue weighted by molar-refractivity contribution is 0.101. The molecule has 0 spiro atoms. The Bertz CT molecular complexity index is 1120. The Morgan fingerprint density at radius 3 is 2.17 bits per heavy atom. The van der Waals surface area contributed by atoms with E-state index in [4.69, 9.17) is 4.74 Å². The fourth-order valence-corrected chi connectivity index (χ4v) is 5.90. The molecule has 1 heterocycles. The summed E-state index contributed by atoms with van der Waals surface area (Å²) < 4.78 is 5.97. The Morgan fingerprint density at radius 1 is 0.902 bits per heavy atom. The second-order valence-corrected chi connectivity index (χ2v) is 11.7. The predicted octanol–water partition coefficient (Wildman–Crippen LogP) is 10.2. The Balaban J connectivity index is 0.00000588. The molecule has 2 aromatic rings. The predicted molar refractivity (Wildman–Crippen MR) is 179 cm³/mol. The third-order valence-corrected chi connectivity index (χ3v) is 8.39. The number of nitrogens with zero attached hydrogens (tertiary/aromatic N) is 1. The third-order valence-electron chi connectivity index (χ3n) is 7.42. The van der Waals surface area contributed by atoms with E-state index in [1.54, 1.807) is 30.0 Å². The van der Waals surface area contributed by atoms with E-state index in [0.29, 0.717) is 23.5 Å². The molecule has 226 valence electrons. The van der Waals surface area contributed by atoms with Crippen LogP contribution in [-0.4, -0.2) is 29.1 Å². The van der Waals surface area contributed by atoms with Gasteiger partial charge in [0.1, 0.15) is 5.75 Å². The number of halogens is 1. The van der Waals surface area contributed by atoms with Crippen LogP contribution in [0.1, 0.15) is 124 Å². The molecule has 3 rings (SSSR count). The number of amides is 1. The maximum Gasteiger partial charge on any atom is 0.255 e. The molecule has 0 unspecified atom stereocenters. The van der Waals surface area contributed by atoms with Gasteiger partial charge in [0.15, 0.2) is 5.78 Å². The zero-order valence-electron chi connectivity index (χ0n) is 25.2. The van der Waals surface area contributed by atoms with Gasteiger partial charge in [-0.05, 0) is 61.6 Å². The minimum atomic E-state index is -0.236. The van der Waals surface area contributed by atoms with Crippen molar-refractivity contribution in [2.24, 2.45) is 0 Å². The fraction of sp³-hybridized carbons (Fsp3) is 0.529. The van der Waals surface area contributed by atoms with Crippen LogP contribution >= 0.6 is 28.7 Å². The highest BCUT2D eigenvalue weighted by Gasteiger charge is 2.15. The monoisotopic (exact) mass is 644 g/mol. The van der Waals surface area contributed by atoms with Gasteiger partial charge < -0.3 is 15.0 Å². The molecule has 7 heteroatoms. The van der Waals surface area contributed by atoms with Crippen molar-refractivity contribution in [3.63, 3.8) is 0 Å². The van der Waals surface area contributed by atoms with Gasteiger partial charge >= 0.3 is 0 Å². The summed E-state index contributed by atoms with van der Waals surface area (Å²) in [4.78, 5) is 27.7. The number of rotatable bonds is 19. The van der Waals surface area contributed by atoms with Gasteiger partial charge in [-0.25, -0.2) is 0 Å². The quantitative estimate of drug-likeness (QED) is 0.122. The summed E-state index contributed by atoms with van der Waals surface area (Å²) in [5, 5.41) is 5.16. The normalized spacial score (nSPS) is 12.6. The second kappa shape index (κ2) is 19.8. The Labute approximate surface area is 262 Å². The fourth-order valence-electron chi connectivity index (χ4n) is 4.96. The van der Waals surface area contributed by atoms with Crippen LogP contribution in [0.5, 0.6) is 5.75 Å². The molecular formula is C34H49BrN2O3S. The van der Waals surface area contributed by atoms with E-state index >= 15 is 0 Å². The summed E-state index contributed by atoms with van der Waals surface area (Å²) in [6.07, 6.45) is 15.5. The molecule has 1 aliphatic heterocycles. The maximum atomic E-state index is 13.0. The first-order valence-corrected chi connectivity index (χ1v) is 16.2. The molecule has 0 fully saturated rings. The van der Waals surface area contributed by atoms with E-state index in [0.717, 1.165) is 36.5 Å². The SMILES string of the molecule is Br.CCCCCCCCCCCCCCOc1ccc(C(=O)Nc2cccc(CN3CSC=C3C)c2)cc1C(C)=O. The van der Waals surface area contributed by atoms with Crippen LogP contribution in [0, 0.1) is 0 Å². The zero-order chi connectivity index (χ0) is 28.6. The molecule has 0 bridgehead atoms. The van der Waals surface area contributed by atoms with Gasteiger partial charge in [0.25, 0.3) is 5.91 Å². The van der Waals surface area contributed by atoms with Crippen molar-refractivity contribution in [1.82, 2.24) is 4.90 Å². The average Bonchev–Trinajstić information content (AvgIpc) is 3.35. The number of anilines is 1. The lowest BCUT2D eigenvalue weighted by atomic mass is 10.1. The standard InChI is InChI=1S/C34H48N2O3S.BrH/c1-4-5-6-7-8-9-10-11-12-13-14-15-21-39-33-20-19-30(23-32(33)28(3)37)34(38)35-31-18-16-17-29(22-31)24-36-26-40-25-27(36)2;/h16-20,22-23,25H,4-15,21,24,26H2,1-3H3,(H,35,38);1H. The number of hydrogen-bond donors (Lipinski definition) is 1. The topological polar surface area (TPSA) is 58.6 Å². The van der Waals surface area contributed by atoms with Gasteiger partial charge in [0, 0.05) is 23.5 Å². The van der Waals surface area contributed by atoms with E-state index in [1.807, 2.05) is 18.2 Å². The Hall–Kier alpha value is -2.25. The van der Waals surface area contributed by atoms with Crippen LogP contribution in [0.15, 0.2) is 53.6 Å². The van der Waals surface area contributed by atoms with Crippen molar-refractivity contribution in [2.75, 3.05) is 17.8 Å². The molecule has 0 saturated carbocycles. The highest BCUT2D eigenvalue weighted by molar-refractivity contribution is 8.93. The minimum Gasteiger partial charge on any atom is -0.493 e. The summed E-state index contributed by atoms with van der Waals surface area (Å²) >= 11 is 1.80. The number of Topliss-reactive ketones (excluding diaryl/α,β-unsaturated/α-hetero) is 1. The van der Waals surface area contributed by atoms with Crippen molar-refractivity contribution < 1.29 is 14.3 Å². The summed E-state index contributed by atoms with van der Waals surface area (Å²) in [6, 6.07) is 13.1.